The fourth-order valence-corrected chi connectivity index (χ4v) is 6.45. The topological polar surface area (TPSA) is 86.8 Å². The lowest BCUT2D eigenvalue weighted by Gasteiger charge is -2.33. The number of amides is 2. The van der Waals surface area contributed by atoms with E-state index in [4.69, 9.17) is 23.2 Å². The molecule has 0 saturated carbocycles. The molecule has 0 unspecified atom stereocenters. The SMILES string of the molecule is CC[C@H](C)NC(=O)[C@H](CC)N(Cc1ccc(Cl)c(Cl)c1)C(=O)CN(c1ccc(C)cc1)S(=O)(=O)c1ccc(SC)cc1. The fourth-order valence-electron chi connectivity index (χ4n) is 4.31. The van der Waals surface area contributed by atoms with Crippen LogP contribution in [0.4, 0.5) is 5.69 Å². The third-order valence-corrected chi connectivity index (χ3v) is 10.2. The lowest BCUT2D eigenvalue weighted by Crippen LogP contribution is -2.53. The van der Waals surface area contributed by atoms with Gasteiger partial charge in [-0.1, -0.05) is 60.8 Å². The van der Waals surface area contributed by atoms with Gasteiger partial charge in [-0.05, 0) is 87.0 Å². The van der Waals surface area contributed by atoms with Crippen LogP contribution in [0.25, 0.3) is 0 Å². The molecule has 0 spiro atoms. The molecule has 3 rings (SSSR count). The summed E-state index contributed by atoms with van der Waals surface area (Å²) in [5.41, 5.74) is 1.94. The summed E-state index contributed by atoms with van der Waals surface area (Å²) in [4.78, 5) is 30.0. The van der Waals surface area contributed by atoms with Gasteiger partial charge < -0.3 is 10.2 Å². The Balaban J connectivity index is 2.07. The first-order valence-corrected chi connectivity index (χ1v) is 17.1. The molecular weight excluding hydrogens is 613 g/mol. The second-order valence-electron chi connectivity index (χ2n) is 10.0. The molecule has 3 aromatic rings. The van der Waals surface area contributed by atoms with Crippen LogP contribution in [0.2, 0.25) is 10.0 Å². The highest BCUT2D eigenvalue weighted by molar-refractivity contribution is 7.98. The van der Waals surface area contributed by atoms with E-state index in [1.807, 2.05) is 34.0 Å². The van der Waals surface area contributed by atoms with Gasteiger partial charge in [-0.2, -0.15) is 0 Å². The Morgan fingerprint density at radius 2 is 1.57 bits per heavy atom. The predicted octanol–water partition coefficient (Wildman–Crippen LogP) is 6.94. The Hall–Kier alpha value is -2.72. The number of hydrogen-bond donors (Lipinski definition) is 1. The second-order valence-corrected chi connectivity index (χ2v) is 13.6. The van der Waals surface area contributed by atoms with E-state index in [-0.39, 0.29) is 23.4 Å². The largest absolute Gasteiger partial charge is 0.352 e. The van der Waals surface area contributed by atoms with Crippen molar-refractivity contribution in [1.82, 2.24) is 10.2 Å². The van der Waals surface area contributed by atoms with Crippen LogP contribution < -0.4 is 9.62 Å². The normalized spacial score (nSPS) is 12.8. The minimum Gasteiger partial charge on any atom is -0.352 e. The standard InChI is InChI=1S/C31H37Cl2N3O4S2/c1-6-22(4)34-31(38)29(7-2)35(19-23-10-17-27(32)28(33)18-23)30(37)20-36(24-11-8-21(3)9-12-24)42(39,40)26-15-13-25(41-5)14-16-26/h8-18,22,29H,6-7,19-20H2,1-5H3,(H,34,38)/t22-,29-/m0/s1. The van der Waals surface area contributed by atoms with Gasteiger partial charge in [-0.25, -0.2) is 8.42 Å². The van der Waals surface area contributed by atoms with Crippen LogP contribution in [-0.4, -0.2) is 50.0 Å². The molecule has 0 aromatic heterocycles. The molecule has 11 heteroatoms. The Bertz CT molecular complexity index is 1480. The molecule has 0 aliphatic carbocycles. The van der Waals surface area contributed by atoms with Gasteiger partial charge in [-0.15, -0.1) is 11.8 Å². The number of halogens is 2. The van der Waals surface area contributed by atoms with E-state index in [9.17, 15) is 18.0 Å². The smallest absolute Gasteiger partial charge is 0.264 e. The van der Waals surface area contributed by atoms with Crippen molar-refractivity contribution < 1.29 is 18.0 Å². The van der Waals surface area contributed by atoms with Crippen molar-refractivity contribution >= 4 is 62.5 Å². The maximum Gasteiger partial charge on any atom is 0.264 e. The maximum atomic E-state index is 14.2. The molecule has 0 saturated heterocycles. The number of anilines is 1. The summed E-state index contributed by atoms with van der Waals surface area (Å²) in [6, 6.07) is 17.5. The predicted molar refractivity (Wildman–Crippen MR) is 173 cm³/mol. The van der Waals surface area contributed by atoms with Gasteiger partial charge in [0.1, 0.15) is 12.6 Å². The number of rotatable bonds is 13. The van der Waals surface area contributed by atoms with Crippen molar-refractivity contribution in [3.8, 4) is 0 Å². The van der Waals surface area contributed by atoms with E-state index in [1.165, 1.54) is 28.8 Å². The zero-order chi connectivity index (χ0) is 31.0. The second kappa shape index (κ2) is 15.1. The van der Waals surface area contributed by atoms with Gasteiger partial charge in [-0.3, -0.25) is 13.9 Å². The summed E-state index contributed by atoms with van der Waals surface area (Å²) in [5, 5.41) is 3.65. The van der Waals surface area contributed by atoms with Crippen molar-refractivity contribution in [2.45, 2.75) is 69.0 Å². The molecule has 42 heavy (non-hydrogen) atoms. The van der Waals surface area contributed by atoms with Crippen LogP contribution in [0.1, 0.15) is 44.7 Å². The molecule has 0 heterocycles. The van der Waals surface area contributed by atoms with Crippen molar-refractivity contribution in [3.63, 3.8) is 0 Å². The van der Waals surface area contributed by atoms with Gasteiger partial charge in [0.05, 0.1) is 20.6 Å². The zero-order valence-electron chi connectivity index (χ0n) is 24.4. The van der Waals surface area contributed by atoms with Crippen LogP contribution in [-0.2, 0) is 26.2 Å². The quantitative estimate of drug-likeness (QED) is 0.203. The average molecular weight is 651 g/mol. The molecule has 3 aromatic carbocycles. The van der Waals surface area contributed by atoms with Gasteiger partial charge in [0.2, 0.25) is 11.8 Å². The lowest BCUT2D eigenvalue weighted by atomic mass is 10.1. The molecule has 2 amide bonds. The van der Waals surface area contributed by atoms with Crippen molar-refractivity contribution in [1.29, 1.82) is 0 Å². The summed E-state index contributed by atoms with van der Waals surface area (Å²) in [6.07, 6.45) is 2.95. The summed E-state index contributed by atoms with van der Waals surface area (Å²) in [6.45, 7) is 7.09. The summed E-state index contributed by atoms with van der Waals surface area (Å²) in [7, 11) is -4.14. The van der Waals surface area contributed by atoms with Crippen LogP contribution in [0.15, 0.2) is 76.5 Å². The molecule has 2 atom stereocenters. The van der Waals surface area contributed by atoms with E-state index in [1.54, 1.807) is 54.6 Å². The van der Waals surface area contributed by atoms with Gasteiger partial charge in [0.25, 0.3) is 10.0 Å². The third-order valence-electron chi connectivity index (χ3n) is 6.97. The van der Waals surface area contributed by atoms with Crippen molar-refractivity contribution in [3.05, 3.63) is 87.9 Å². The highest BCUT2D eigenvalue weighted by Gasteiger charge is 2.34. The number of thioether (sulfide) groups is 1. The van der Waals surface area contributed by atoms with E-state index < -0.39 is 28.5 Å². The molecule has 0 fully saturated rings. The number of nitrogens with zero attached hydrogens (tertiary/aromatic N) is 2. The molecule has 0 aliphatic heterocycles. The van der Waals surface area contributed by atoms with E-state index in [0.29, 0.717) is 27.7 Å². The average Bonchev–Trinajstić information content (AvgIpc) is 2.97. The number of sulfonamides is 1. The van der Waals surface area contributed by atoms with Crippen molar-refractivity contribution in [2.24, 2.45) is 0 Å². The third kappa shape index (κ3) is 8.43. The Kier molecular flexibility index (Phi) is 12.2. The summed E-state index contributed by atoms with van der Waals surface area (Å²) >= 11 is 13.9. The Morgan fingerprint density at radius 3 is 2.12 bits per heavy atom. The first-order chi connectivity index (χ1) is 19.9. The molecule has 1 N–H and O–H groups in total. The first kappa shape index (κ1) is 33.8. The van der Waals surface area contributed by atoms with E-state index in [0.717, 1.165) is 21.2 Å². The van der Waals surface area contributed by atoms with Crippen LogP contribution >= 0.6 is 35.0 Å². The lowest BCUT2D eigenvalue weighted by molar-refractivity contribution is -0.140. The Morgan fingerprint density at radius 1 is 0.929 bits per heavy atom. The van der Waals surface area contributed by atoms with Gasteiger partial charge >= 0.3 is 0 Å². The van der Waals surface area contributed by atoms with Gasteiger partial charge in [0.15, 0.2) is 0 Å². The monoisotopic (exact) mass is 649 g/mol. The van der Waals surface area contributed by atoms with E-state index >= 15 is 0 Å². The molecular formula is C31H37Cl2N3O4S2. The number of carbonyl (C=O) groups excluding carboxylic acids is 2. The number of carbonyl (C=O) groups is 2. The maximum absolute atomic E-state index is 14.2. The number of benzene rings is 3. The summed E-state index contributed by atoms with van der Waals surface area (Å²) in [5.74, 6) is -0.838. The van der Waals surface area contributed by atoms with Crippen LogP contribution in [0, 0.1) is 6.92 Å². The number of hydrogen-bond acceptors (Lipinski definition) is 5. The molecule has 0 bridgehead atoms. The highest BCUT2D eigenvalue weighted by Crippen LogP contribution is 2.28. The van der Waals surface area contributed by atoms with Gasteiger partial charge in [0, 0.05) is 17.5 Å². The molecule has 226 valence electrons. The van der Waals surface area contributed by atoms with Crippen LogP contribution in [0.5, 0.6) is 0 Å². The minimum absolute atomic E-state index is 0.0341. The minimum atomic E-state index is -4.14. The summed E-state index contributed by atoms with van der Waals surface area (Å²) < 4.78 is 29.1. The first-order valence-electron chi connectivity index (χ1n) is 13.7. The molecule has 0 aliphatic rings. The zero-order valence-corrected chi connectivity index (χ0v) is 27.6. The number of aryl methyl sites for hydroxylation is 1. The van der Waals surface area contributed by atoms with Crippen molar-refractivity contribution in [2.75, 3.05) is 17.1 Å². The number of nitrogens with one attached hydrogen (secondary N) is 1. The highest BCUT2D eigenvalue weighted by atomic mass is 35.5. The van der Waals surface area contributed by atoms with Crippen LogP contribution in [0.3, 0.4) is 0 Å². The fraction of sp³-hybridized carbons (Fsp3) is 0.355. The molecule has 7 nitrogen and oxygen atoms in total. The Labute approximate surface area is 263 Å². The molecule has 0 radical (unpaired) electrons. The van der Waals surface area contributed by atoms with E-state index in [2.05, 4.69) is 5.32 Å².